The molecule has 1 fully saturated rings. The second-order valence-corrected chi connectivity index (χ2v) is 3.42. The SMILES string of the molecule is O=C1NCC(c2c[nH]c3ncccc23)O1. The molecule has 3 heterocycles. The summed E-state index contributed by atoms with van der Waals surface area (Å²) < 4.78 is 5.12. The second kappa shape index (κ2) is 2.98. The van der Waals surface area contributed by atoms with Crippen LogP contribution in [-0.2, 0) is 4.74 Å². The number of hydrogen-bond acceptors (Lipinski definition) is 3. The van der Waals surface area contributed by atoms with Gasteiger partial charge in [-0.25, -0.2) is 9.78 Å². The van der Waals surface area contributed by atoms with Crippen LogP contribution in [0.25, 0.3) is 11.0 Å². The monoisotopic (exact) mass is 203 g/mol. The summed E-state index contributed by atoms with van der Waals surface area (Å²) >= 11 is 0. The van der Waals surface area contributed by atoms with Crippen molar-refractivity contribution in [2.45, 2.75) is 6.10 Å². The first kappa shape index (κ1) is 8.28. The van der Waals surface area contributed by atoms with E-state index in [1.807, 2.05) is 18.3 Å². The van der Waals surface area contributed by atoms with E-state index in [1.54, 1.807) is 6.20 Å². The van der Waals surface area contributed by atoms with Crippen LogP contribution in [0.2, 0.25) is 0 Å². The van der Waals surface area contributed by atoms with Crippen LogP contribution in [0.3, 0.4) is 0 Å². The molecule has 2 aromatic heterocycles. The molecule has 76 valence electrons. The molecule has 2 N–H and O–H groups in total. The molecule has 5 nitrogen and oxygen atoms in total. The van der Waals surface area contributed by atoms with Gasteiger partial charge >= 0.3 is 6.09 Å². The Bertz CT molecular complexity index is 520. The molecule has 0 saturated carbocycles. The van der Waals surface area contributed by atoms with Gasteiger partial charge in [0.15, 0.2) is 0 Å². The molecule has 2 aromatic rings. The van der Waals surface area contributed by atoms with E-state index in [0.29, 0.717) is 6.54 Å². The first-order valence-corrected chi connectivity index (χ1v) is 4.71. The minimum absolute atomic E-state index is 0.213. The standard InChI is InChI=1S/C10H9N3O2/c14-10-13-5-8(15-10)7-4-12-9-6(7)2-1-3-11-9/h1-4,8H,5H2,(H,11,12)(H,13,14). The van der Waals surface area contributed by atoms with Gasteiger partial charge in [0, 0.05) is 23.3 Å². The maximum absolute atomic E-state index is 10.9. The summed E-state index contributed by atoms with van der Waals surface area (Å²) in [5, 5.41) is 3.63. The number of aromatic nitrogens is 2. The van der Waals surface area contributed by atoms with Gasteiger partial charge in [0.2, 0.25) is 0 Å². The van der Waals surface area contributed by atoms with E-state index >= 15 is 0 Å². The number of aromatic amines is 1. The molecular formula is C10H9N3O2. The van der Waals surface area contributed by atoms with Gasteiger partial charge in [-0.15, -0.1) is 0 Å². The van der Waals surface area contributed by atoms with E-state index in [1.165, 1.54) is 0 Å². The number of cyclic esters (lactones) is 1. The highest BCUT2D eigenvalue weighted by Crippen LogP contribution is 2.27. The van der Waals surface area contributed by atoms with Crippen molar-refractivity contribution in [1.29, 1.82) is 0 Å². The number of rotatable bonds is 1. The van der Waals surface area contributed by atoms with Crippen molar-refractivity contribution in [1.82, 2.24) is 15.3 Å². The van der Waals surface area contributed by atoms with Crippen molar-refractivity contribution in [2.24, 2.45) is 0 Å². The van der Waals surface area contributed by atoms with Crippen molar-refractivity contribution in [2.75, 3.05) is 6.54 Å². The maximum atomic E-state index is 10.9. The summed E-state index contributed by atoms with van der Waals surface area (Å²) in [5.74, 6) is 0. The minimum atomic E-state index is -0.363. The Kier molecular flexibility index (Phi) is 1.65. The summed E-state index contributed by atoms with van der Waals surface area (Å²) in [5.41, 5.74) is 1.78. The molecule has 1 atom stereocenters. The second-order valence-electron chi connectivity index (χ2n) is 3.42. The highest BCUT2D eigenvalue weighted by atomic mass is 16.6. The van der Waals surface area contributed by atoms with E-state index < -0.39 is 0 Å². The van der Waals surface area contributed by atoms with Crippen molar-refractivity contribution in [3.05, 3.63) is 30.1 Å². The summed E-state index contributed by atoms with van der Waals surface area (Å²) in [6.07, 6.45) is 2.98. The summed E-state index contributed by atoms with van der Waals surface area (Å²) in [6, 6.07) is 3.82. The van der Waals surface area contributed by atoms with E-state index in [9.17, 15) is 4.79 Å². The topological polar surface area (TPSA) is 67.0 Å². The van der Waals surface area contributed by atoms with Crippen LogP contribution in [-0.4, -0.2) is 22.6 Å². The minimum Gasteiger partial charge on any atom is -0.439 e. The molecular weight excluding hydrogens is 194 g/mol. The number of amides is 1. The number of nitrogens with zero attached hydrogens (tertiary/aromatic N) is 1. The molecule has 0 aliphatic carbocycles. The van der Waals surface area contributed by atoms with Crippen LogP contribution in [0.5, 0.6) is 0 Å². The Morgan fingerprint density at radius 3 is 3.27 bits per heavy atom. The molecule has 1 amide bonds. The largest absolute Gasteiger partial charge is 0.439 e. The molecule has 0 radical (unpaired) electrons. The van der Waals surface area contributed by atoms with Crippen molar-refractivity contribution in [3.8, 4) is 0 Å². The normalized spacial score (nSPS) is 20.3. The van der Waals surface area contributed by atoms with Gasteiger partial charge in [0.05, 0.1) is 6.54 Å². The average Bonchev–Trinajstić information content (AvgIpc) is 2.83. The maximum Gasteiger partial charge on any atom is 0.407 e. The van der Waals surface area contributed by atoms with Gasteiger partial charge in [0.1, 0.15) is 11.8 Å². The zero-order chi connectivity index (χ0) is 10.3. The van der Waals surface area contributed by atoms with Gasteiger partial charge < -0.3 is 15.0 Å². The summed E-state index contributed by atoms with van der Waals surface area (Å²) in [6.45, 7) is 0.515. The molecule has 5 heteroatoms. The van der Waals surface area contributed by atoms with E-state index in [4.69, 9.17) is 4.74 Å². The number of hydrogen-bond donors (Lipinski definition) is 2. The van der Waals surface area contributed by atoms with Crippen LogP contribution >= 0.6 is 0 Å². The number of ether oxygens (including phenoxy) is 1. The summed E-state index contributed by atoms with van der Waals surface area (Å²) in [4.78, 5) is 18.2. The quantitative estimate of drug-likeness (QED) is 0.735. The third-order valence-electron chi connectivity index (χ3n) is 2.51. The van der Waals surface area contributed by atoms with E-state index in [0.717, 1.165) is 16.6 Å². The fourth-order valence-corrected chi connectivity index (χ4v) is 1.81. The van der Waals surface area contributed by atoms with Gasteiger partial charge in [-0.1, -0.05) is 0 Å². The molecule has 0 spiro atoms. The Balaban J connectivity index is 2.07. The highest BCUT2D eigenvalue weighted by molar-refractivity contribution is 5.81. The van der Waals surface area contributed by atoms with Crippen LogP contribution in [0.1, 0.15) is 11.7 Å². The third kappa shape index (κ3) is 1.24. The van der Waals surface area contributed by atoms with E-state index in [-0.39, 0.29) is 12.2 Å². The lowest BCUT2D eigenvalue weighted by Crippen LogP contribution is -2.12. The molecule has 0 aromatic carbocycles. The molecule has 1 aliphatic heterocycles. The van der Waals surface area contributed by atoms with Crippen molar-refractivity contribution in [3.63, 3.8) is 0 Å². The lowest BCUT2D eigenvalue weighted by molar-refractivity contribution is 0.142. The van der Waals surface area contributed by atoms with Crippen LogP contribution in [0.15, 0.2) is 24.5 Å². The van der Waals surface area contributed by atoms with Crippen LogP contribution < -0.4 is 5.32 Å². The Labute approximate surface area is 85.5 Å². The Hall–Kier alpha value is -2.04. The first-order chi connectivity index (χ1) is 7.34. The highest BCUT2D eigenvalue weighted by Gasteiger charge is 2.26. The third-order valence-corrected chi connectivity index (χ3v) is 2.51. The van der Waals surface area contributed by atoms with Gasteiger partial charge in [0.25, 0.3) is 0 Å². The molecule has 1 unspecified atom stereocenters. The first-order valence-electron chi connectivity index (χ1n) is 4.71. The van der Waals surface area contributed by atoms with Crippen molar-refractivity contribution >= 4 is 17.1 Å². The van der Waals surface area contributed by atoms with Crippen LogP contribution in [0, 0.1) is 0 Å². The van der Waals surface area contributed by atoms with Crippen LogP contribution in [0.4, 0.5) is 4.79 Å². The summed E-state index contributed by atoms with van der Waals surface area (Å²) in [7, 11) is 0. The van der Waals surface area contributed by atoms with Gasteiger partial charge in [-0.05, 0) is 12.1 Å². The fourth-order valence-electron chi connectivity index (χ4n) is 1.81. The number of nitrogens with one attached hydrogen (secondary N) is 2. The average molecular weight is 203 g/mol. The molecule has 1 saturated heterocycles. The lowest BCUT2D eigenvalue weighted by Gasteiger charge is -2.04. The zero-order valence-electron chi connectivity index (χ0n) is 7.86. The van der Waals surface area contributed by atoms with Crippen molar-refractivity contribution < 1.29 is 9.53 Å². The number of H-pyrrole nitrogens is 1. The lowest BCUT2D eigenvalue weighted by atomic mass is 10.1. The number of alkyl carbamates (subject to hydrolysis) is 1. The number of carbonyl (C=O) groups excluding carboxylic acids is 1. The molecule has 15 heavy (non-hydrogen) atoms. The number of carbonyl (C=O) groups is 1. The predicted molar refractivity (Wildman–Crippen MR) is 53.3 cm³/mol. The number of fused-ring (bicyclic) bond motifs is 1. The molecule has 1 aliphatic rings. The smallest absolute Gasteiger partial charge is 0.407 e. The van der Waals surface area contributed by atoms with E-state index in [2.05, 4.69) is 15.3 Å². The predicted octanol–water partition coefficient (Wildman–Crippen LogP) is 1.34. The Morgan fingerprint density at radius 1 is 1.53 bits per heavy atom. The number of pyridine rings is 1. The molecule has 0 bridgehead atoms. The Morgan fingerprint density at radius 2 is 2.47 bits per heavy atom. The molecule has 3 rings (SSSR count). The van der Waals surface area contributed by atoms with Gasteiger partial charge in [-0.2, -0.15) is 0 Å². The van der Waals surface area contributed by atoms with Gasteiger partial charge in [-0.3, -0.25) is 0 Å². The fraction of sp³-hybridized carbons (Fsp3) is 0.200. The zero-order valence-corrected chi connectivity index (χ0v) is 7.86.